The summed E-state index contributed by atoms with van der Waals surface area (Å²) in [4.78, 5) is 24.6. The van der Waals surface area contributed by atoms with E-state index in [9.17, 15) is 14.4 Å². The molecule has 0 radical (unpaired) electrons. The van der Waals surface area contributed by atoms with Crippen molar-refractivity contribution in [3.63, 3.8) is 0 Å². The Morgan fingerprint density at radius 2 is 2.24 bits per heavy atom. The molecule has 1 fully saturated rings. The molecule has 2 aromatic heterocycles. The predicted octanol–water partition coefficient (Wildman–Crippen LogP) is 1.75. The van der Waals surface area contributed by atoms with Crippen molar-refractivity contribution in [2.24, 2.45) is 7.05 Å². The van der Waals surface area contributed by atoms with Crippen LogP contribution in [0.3, 0.4) is 0 Å². The molecule has 3 aromatic rings. The van der Waals surface area contributed by atoms with Crippen molar-refractivity contribution in [3.8, 4) is 23.2 Å². The minimum Gasteiger partial charge on any atom is -0.486 e. The number of ether oxygens (including phenoxy) is 2. The van der Waals surface area contributed by atoms with E-state index in [2.05, 4.69) is 36.8 Å². The molecule has 4 rings (SSSR count). The summed E-state index contributed by atoms with van der Waals surface area (Å²) >= 11 is 0. The number of hydrogen-bond donors (Lipinski definition) is 2. The van der Waals surface area contributed by atoms with Crippen molar-refractivity contribution in [1.29, 1.82) is 5.26 Å². The Labute approximate surface area is 188 Å². The lowest BCUT2D eigenvalue weighted by Gasteiger charge is -2.27. The standard InChI is InChI=1S/C21H21FN8O3/c1-30-18(20(31)32-2)15(10-27-30)28-21-26-11-25-19(29-21)12-3-4-16(13(7-12)8-23)33-17-5-6-24-9-14(17)22/h3-4,7,10-11,14,17,24H,5-6,9H2,1-2H3,(H,25,26,28,29)/t14-,17+/m1/s1. The second-order valence-electron chi connectivity index (χ2n) is 7.27. The smallest absolute Gasteiger partial charge is 0.358 e. The van der Waals surface area contributed by atoms with Gasteiger partial charge >= 0.3 is 5.97 Å². The molecule has 11 nitrogen and oxygen atoms in total. The van der Waals surface area contributed by atoms with Gasteiger partial charge in [-0.2, -0.15) is 15.3 Å². The highest BCUT2D eigenvalue weighted by Gasteiger charge is 2.27. The zero-order chi connectivity index (χ0) is 23.4. The summed E-state index contributed by atoms with van der Waals surface area (Å²) in [5.74, 6) is 0.211. The highest BCUT2D eigenvalue weighted by molar-refractivity contribution is 5.94. The van der Waals surface area contributed by atoms with Crippen LogP contribution in [0.25, 0.3) is 11.4 Å². The topological polar surface area (TPSA) is 140 Å². The molecule has 1 aliphatic rings. The number of nitrogens with one attached hydrogen (secondary N) is 2. The van der Waals surface area contributed by atoms with Crippen LogP contribution < -0.4 is 15.4 Å². The minimum atomic E-state index is -1.15. The Morgan fingerprint density at radius 3 is 3.00 bits per heavy atom. The zero-order valence-electron chi connectivity index (χ0n) is 17.9. The lowest BCUT2D eigenvalue weighted by atomic mass is 10.1. The van der Waals surface area contributed by atoms with E-state index in [1.54, 1.807) is 25.2 Å². The van der Waals surface area contributed by atoms with Gasteiger partial charge in [0.25, 0.3) is 0 Å². The first-order valence-electron chi connectivity index (χ1n) is 10.1. The number of methoxy groups -OCH3 is 1. The molecule has 0 unspecified atom stereocenters. The molecular weight excluding hydrogens is 431 g/mol. The average Bonchev–Trinajstić information content (AvgIpc) is 3.20. The number of benzene rings is 1. The summed E-state index contributed by atoms with van der Waals surface area (Å²) in [6, 6.07) is 6.95. The number of aryl methyl sites for hydroxylation is 1. The van der Waals surface area contributed by atoms with Crippen molar-refractivity contribution < 1.29 is 18.7 Å². The van der Waals surface area contributed by atoms with E-state index < -0.39 is 18.2 Å². The van der Waals surface area contributed by atoms with Crippen LogP contribution in [-0.2, 0) is 11.8 Å². The fourth-order valence-corrected chi connectivity index (χ4v) is 3.44. The molecule has 0 saturated carbocycles. The third-order valence-corrected chi connectivity index (χ3v) is 5.12. The van der Waals surface area contributed by atoms with Crippen LogP contribution in [0.4, 0.5) is 16.0 Å². The Kier molecular flexibility index (Phi) is 6.41. The fraction of sp³-hybridized carbons (Fsp3) is 0.333. The lowest BCUT2D eigenvalue weighted by Crippen LogP contribution is -2.44. The zero-order valence-corrected chi connectivity index (χ0v) is 17.9. The van der Waals surface area contributed by atoms with Crippen molar-refractivity contribution in [1.82, 2.24) is 30.0 Å². The third-order valence-electron chi connectivity index (χ3n) is 5.12. The van der Waals surface area contributed by atoms with E-state index in [0.717, 1.165) is 0 Å². The van der Waals surface area contributed by atoms with E-state index in [1.165, 1.54) is 24.3 Å². The van der Waals surface area contributed by atoms with Gasteiger partial charge in [0.15, 0.2) is 11.5 Å². The number of carbonyl (C=O) groups is 1. The molecule has 170 valence electrons. The van der Waals surface area contributed by atoms with Crippen LogP contribution in [0.1, 0.15) is 22.5 Å². The Hall–Kier alpha value is -4.11. The van der Waals surface area contributed by atoms with Crippen LogP contribution in [0.2, 0.25) is 0 Å². The molecule has 2 atom stereocenters. The van der Waals surface area contributed by atoms with Crippen molar-refractivity contribution >= 4 is 17.6 Å². The van der Waals surface area contributed by atoms with Crippen LogP contribution in [0.5, 0.6) is 5.75 Å². The fourth-order valence-electron chi connectivity index (χ4n) is 3.44. The summed E-state index contributed by atoms with van der Waals surface area (Å²) in [5.41, 5.74) is 1.36. The van der Waals surface area contributed by atoms with Gasteiger partial charge in [0, 0.05) is 19.2 Å². The van der Waals surface area contributed by atoms with Crippen LogP contribution in [0.15, 0.2) is 30.7 Å². The van der Waals surface area contributed by atoms with Crippen LogP contribution >= 0.6 is 0 Å². The first kappa shape index (κ1) is 22.1. The molecule has 0 spiro atoms. The van der Waals surface area contributed by atoms with E-state index in [-0.39, 0.29) is 23.8 Å². The molecule has 0 amide bonds. The van der Waals surface area contributed by atoms with Crippen LogP contribution in [0, 0.1) is 11.3 Å². The minimum absolute atomic E-state index is 0.173. The summed E-state index contributed by atoms with van der Waals surface area (Å²) < 4.78 is 26.0. The van der Waals surface area contributed by atoms with E-state index in [4.69, 9.17) is 9.47 Å². The summed E-state index contributed by atoms with van der Waals surface area (Å²) in [6.45, 7) is 0.875. The predicted molar refractivity (Wildman–Crippen MR) is 115 cm³/mol. The summed E-state index contributed by atoms with van der Waals surface area (Å²) in [6.07, 6.45) is 1.51. The van der Waals surface area contributed by atoms with Crippen molar-refractivity contribution in [3.05, 3.63) is 42.0 Å². The largest absolute Gasteiger partial charge is 0.486 e. The molecule has 1 saturated heterocycles. The van der Waals surface area contributed by atoms with Gasteiger partial charge in [-0.25, -0.2) is 19.2 Å². The SMILES string of the molecule is COC(=O)c1c(Nc2ncnc(-c3ccc(O[C@H]4CCNC[C@H]4F)c(C#N)c3)n2)cnn1C. The second-order valence-corrected chi connectivity index (χ2v) is 7.27. The second kappa shape index (κ2) is 9.58. The number of halogens is 1. The van der Waals surface area contributed by atoms with Gasteiger partial charge in [-0.3, -0.25) is 4.68 Å². The Morgan fingerprint density at radius 1 is 1.39 bits per heavy atom. The number of piperidine rings is 1. The molecule has 2 N–H and O–H groups in total. The first-order chi connectivity index (χ1) is 16.0. The number of esters is 1. The maximum absolute atomic E-state index is 14.1. The molecule has 1 aromatic carbocycles. The van der Waals surface area contributed by atoms with E-state index >= 15 is 0 Å². The summed E-state index contributed by atoms with van der Waals surface area (Å²) in [7, 11) is 2.89. The van der Waals surface area contributed by atoms with E-state index in [1.807, 2.05) is 0 Å². The average molecular weight is 452 g/mol. The number of anilines is 2. The molecular formula is C21H21FN8O3. The highest BCUT2D eigenvalue weighted by Crippen LogP contribution is 2.28. The molecule has 1 aliphatic heterocycles. The number of hydrogen-bond acceptors (Lipinski definition) is 10. The van der Waals surface area contributed by atoms with Gasteiger partial charge in [0.1, 0.15) is 30.4 Å². The number of nitrogens with zero attached hydrogens (tertiary/aromatic N) is 6. The molecule has 0 bridgehead atoms. The van der Waals surface area contributed by atoms with Gasteiger partial charge in [0.05, 0.1) is 24.6 Å². The number of aromatic nitrogens is 5. The van der Waals surface area contributed by atoms with Gasteiger partial charge in [-0.05, 0) is 31.2 Å². The van der Waals surface area contributed by atoms with Gasteiger partial charge in [0.2, 0.25) is 5.95 Å². The van der Waals surface area contributed by atoms with Crippen molar-refractivity contribution in [2.45, 2.75) is 18.7 Å². The van der Waals surface area contributed by atoms with Gasteiger partial charge in [-0.15, -0.1) is 0 Å². The number of rotatable bonds is 6. The summed E-state index contributed by atoms with van der Waals surface area (Å²) in [5, 5.41) is 19.5. The normalized spacial score (nSPS) is 17.8. The molecule has 0 aliphatic carbocycles. The van der Waals surface area contributed by atoms with Crippen LogP contribution in [-0.4, -0.2) is 63.2 Å². The van der Waals surface area contributed by atoms with E-state index in [0.29, 0.717) is 35.8 Å². The van der Waals surface area contributed by atoms with Crippen molar-refractivity contribution in [2.75, 3.05) is 25.5 Å². The number of alkyl halides is 1. The molecule has 33 heavy (non-hydrogen) atoms. The monoisotopic (exact) mass is 452 g/mol. The highest BCUT2D eigenvalue weighted by atomic mass is 19.1. The Bertz CT molecular complexity index is 1210. The van der Waals surface area contributed by atoms with Gasteiger partial charge in [-0.1, -0.05) is 0 Å². The maximum Gasteiger partial charge on any atom is 0.358 e. The third kappa shape index (κ3) is 4.73. The lowest BCUT2D eigenvalue weighted by molar-refractivity contribution is 0.0589. The number of nitriles is 1. The Balaban J connectivity index is 1.57. The molecule has 3 heterocycles. The number of carbonyl (C=O) groups excluding carboxylic acids is 1. The quantitative estimate of drug-likeness (QED) is 0.532. The molecule has 12 heteroatoms. The first-order valence-corrected chi connectivity index (χ1v) is 10.1. The van der Waals surface area contributed by atoms with Gasteiger partial charge < -0.3 is 20.1 Å². The maximum atomic E-state index is 14.1.